The molecule has 0 aliphatic heterocycles. The number of nitrogens with zero attached hydrogens (tertiary/aromatic N) is 7. The number of nitrogens with one attached hydrogen (secondary N) is 1. The van der Waals surface area contributed by atoms with Crippen LogP contribution in [0.25, 0.3) is 17.0 Å². The van der Waals surface area contributed by atoms with Crippen LogP contribution in [0.1, 0.15) is 17.5 Å². The van der Waals surface area contributed by atoms with Crippen molar-refractivity contribution >= 4 is 29.0 Å². The molecule has 0 aliphatic carbocycles. The van der Waals surface area contributed by atoms with Gasteiger partial charge in [0.1, 0.15) is 17.3 Å². The highest BCUT2D eigenvalue weighted by molar-refractivity contribution is 5.79. The van der Waals surface area contributed by atoms with Gasteiger partial charge in [0.2, 0.25) is 5.91 Å². The number of nitrogen functional groups attached to an aromatic ring is 1. The van der Waals surface area contributed by atoms with Crippen LogP contribution >= 0.6 is 0 Å². The van der Waals surface area contributed by atoms with Crippen LogP contribution in [0.3, 0.4) is 0 Å². The van der Waals surface area contributed by atoms with Crippen LogP contribution in [-0.2, 0) is 0 Å². The summed E-state index contributed by atoms with van der Waals surface area (Å²) in [6, 6.07) is 6.96. The normalized spacial score (nSPS) is 11.0. The molecule has 26 heavy (non-hydrogen) atoms. The number of aromatic nitrogens is 7. The number of imidazole rings is 1. The zero-order valence-electron chi connectivity index (χ0n) is 14.1. The predicted octanol–water partition coefficient (Wildman–Crippen LogP) is 1.68. The molecule has 4 rings (SSSR count). The maximum absolute atomic E-state index is 11.4. The number of fused-ring (bicyclic) bond motifs is 1. The number of anilines is 3. The van der Waals surface area contributed by atoms with Crippen molar-refractivity contribution < 1.29 is 4.79 Å². The molecule has 0 fully saturated rings. The molecule has 10 heteroatoms. The van der Waals surface area contributed by atoms with Gasteiger partial charge in [-0.15, -0.1) is 5.10 Å². The van der Waals surface area contributed by atoms with Crippen molar-refractivity contribution in [3.05, 3.63) is 42.5 Å². The van der Waals surface area contributed by atoms with Gasteiger partial charge in [-0.2, -0.15) is 5.10 Å². The third-order valence-corrected chi connectivity index (χ3v) is 3.65. The molecule has 0 saturated carbocycles. The summed E-state index contributed by atoms with van der Waals surface area (Å²) in [6.07, 6.45) is 3.23. The van der Waals surface area contributed by atoms with Crippen molar-refractivity contribution in [3.63, 3.8) is 0 Å². The van der Waals surface area contributed by atoms with Gasteiger partial charge in [-0.25, -0.2) is 24.1 Å². The number of carbonyl (C=O) groups excluding carboxylic acids is 1. The molecule has 4 aromatic rings. The van der Waals surface area contributed by atoms with Crippen LogP contribution in [0.2, 0.25) is 0 Å². The number of carbonyl (C=O) groups is 1. The summed E-state index contributed by atoms with van der Waals surface area (Å²) in [5, 5.41) is 11.6. The molecule has 0 spiro atoms. The lowest BCUT2D eigenvalue weighted by Gasteiger charge is -2.06. The lowest BCUT2D eigenvalue weighted by atomic mass is 10.3. The van der Waals surface area contributed by atoms with Crippen molar-refractivity contribution in [1.29, 1.82) is 0 Å². The summed E-state index contributed by atoms with van der Waals surface area (Å²) in [5.41, 5.74) is 7.70. The summed E-state index contributed by atoms with van der Waals surface area (Å²) in [7, 11) is 0. The fourth-order valence-corrected chi connectivity index (χ4v) is 2.61. The van der Waals surface area contributed by atoms with Gasteiger partial charge in [0.05, 0.1) is 5.69 Å². The Morgan fingerprint density at radius 2 is 2.08 bits per heavy atom. The van der Waals surface area contributed by atoms with Crippen LogP contribution in [0.15, 0.2) is 36.7 Å². The third-order valence-electron chi connectivity index (χ3n) is 3.65. The molecule has 4 aromatic heterocycles. The summed E-state index contributed by atoms with van der Waals surface area (Å²) in [4.78, 5) is 24.5. The summed E-state index contributed by atoms with van der Waals surface area (Å²) < 4.78 is 2.90. The summed E-state index contributed by atoms with van der Waals surface area (Å²) in [5.74, 6) is 1.68. The Bertz CT molecular complexity index is 1110. The molecule has 0 unspecified atom stereocenters. The van der Waals surface area contributed by atoms with E-state index in [0.29, 0.717) is 40.3 Å². The van der Waals surface area contributed by atoms with Gasteiger partial charge >= 0.3 is 0 Å². The molecule has 0 saturated heterocycles. The molecule has 0 amide bonds. The first-order valence-electron chi connectivity index (χ1n) is 7.80. The molecule has 0 atom stereocenters. The van der Waals surface area contributed by atoms with Crippen molar-refractivity contribution in [1.82, 2.24) is 34.3 Å². The van der Waals surface area contributed by atoms with Crippen LogP contribution in [0.5, 0.6) is 0 Å². The zero-order chi connectivity index (χ0) is 18.3. The summed E-state index contributed by atoms with van der Waals surface area (Å²) in [6.45, 7) is 3.20. The van der Waals surface area contributed by atoms with Crippen LogP contribution in [-0.4, -0.2) is 40.3 Å². The Kier molecular flexibility index (Phi) is 3.57. The Morgan fingerprint density at radius 1 is 1.23 bits per heavy atom. The van der Waals surface area contributed by atoms with E-state index in [1.165, 1.54) is 11.6 Å². The number of nitrogens with two attached hydrogens (primary N) is 1. The summed E-state index contributed by atoms with van der Waals surface area (Å²) >= 11 is 0. The third kappa shape index (κ3) is 2.73. The van der Waals surface area contributed by atoms with Crippen molar-refractivity contribution in [3.8, 4) is 11.4 Å². The average molecular weight is 349 g/mol. The predicted molar refractivity (Wildman–Crippen MR) is 95.0 cm³/mol. The van der Waals surface area contributed by atoms with E-state index in [9.17, 15) is 4.79 Å². The van der Waals surface area contributed by atoms with Crippen LogP contribution in [0.4, 0.5) is 17.5 Å². The molecule has 0 radical (unpaired) electrons. The quantitative estimate of drug-likeness (QED) is 0.571. The second kappa shape index (κ2) is 5.92. The number of rotatable bonds is 3. The second-order valence-electron chi connectivity index (χ2n) is 5.62. The number of hydrogen-bond acceptors (Lipinski definition) is 8. The smallest absolute Gasteiger partial charge is 0.243 e. The van der Waals surface area contributed by atoms with Crippen molar-refractivity contribution in [2.75, 3.05) is 11.1 Å². The minimum absolute atomic E-state index is 0.186. The van der Waals surface area contributed by atoms with E-state index in [0.717, 1.165) is 0 Å². The van der Waals surface area contributed by atoms with E-state index < -0.39 is 0 Å². The SMILES string of the molecule is CC(=O)n1ccc(Nc2nc3cccnn3c2-c2cc(N)nc(C)n2)n1. The minimum atomic E-state index is -0.186. The molecular formula is C16H15N9O. The van der Waals surface area contributed by atoms with Crippen molar-refractivity contribution in [2.24, 2.45) is 0 Å². The Morgan fingerprint density at radius 3 is 2.81 bits per heavy atom. The Labute approximate surface area is 147 Å². The highest BCUT2D eigenvalue weighted by Gasteiger charge is 2.18. The minimum Gasteiger partial charge on any atom is -0.384 e. The van der Waals surface area contributed by atoms with E-state index in [1.807, 2.05) is 6.07 Å². The van der Waals surface area contributed by atoms with E-state index in [-0.39, 0.29) is 5.91 Å². The van der Waals surface area contributed by atoms with Gasteiger partial charge in [0, 0.05) is 31.5 Å². The number of hydrogen-bond donors (Lipinski definition) is 2. The van der Waals surface area contributed by atoms with E-state index in [1.54, 1.807) is 42.0 Å². The first-order valence-corrected chi connectivity index (χ1v) is 7.80. The maximum Gasteiger partial charge on any atom is 0.243 e. The highest BCUT2D eigenvalue weighted by atomic mass is 16.2. The maximum atomic E-state index is 11.4. The van der Waals surface area contributed by atoms with Gasteiger partial charge in [-0.1, -0.05) is 0 Å². The average Bonchev–Trinajstić information content (AvgIpc) is 3.18. The molecule has 3 N–H and O–H groups in total. The van der Waals surface area contributed by atoms with Gasteiger partial charge in [-0.05, 0) is 19.1 Å². The highest BCUT2D eigenvalue weighted by Crippen LogP contribution is 2.29. The fraction of sp³-hybridized carbons (Fsp3) is 0.125. The van der Waals surface area contributed by atoms with Gasteiger partial charge < -0.3 is 11.1 Å². The lowest BCUT2D eigenvalue weighted by molar-refractivity contribution is 0.0921. The first kappa shape index (κ1) is 15.7. The molecule has 0 aliphatic rings. The second-order valence-corrected chi connectivity index (χ2v) is 5.62. The Balaban J connectivity index is 1.87. The topological polar surface area (TPSA) is 129 Å². The van der Waals surface area contributed by atoms with E-state index >= 15 is 0 Å². The first-order chi connectivity index (χ1) is 12.5. The van der Waals surface area contributed by atoms with E-state index in [2.05, 4.69) is 30.5 Å². The Hall–Kier alpha value is -3.82. The molecule has 4 heterocycles. The van der Waals surface area contributed by atoms with Crippen LogP contribution in [0, 0.1) is 6.92 Å². The standard InChI is InChI=1S/C16H15N9O/c1-9-19-11(8-12(17)20-9)15-16(22-14-4-3-6-18-25(14)15)21-13-5-7-24(23-13)10(2)26/h3-8H,1-2H3,(H,21,23)(H2,17,19,20). The monoisotopic (exact) mass is 349 g/mol. The molecule has 0 aromatic carbocycles. The van der Waals surface area contributed by atoms with Crippen LogP contribution < -0.4 is 11.1 Å². The van der Waals surface area contributed by atoms with E-state index in [4.69, 9.17) is 5.73 Å². The van der Waals surface area contributed by atoms with Gasteiger partial charge in [0.15, 0.2) is 17.3 Å². The zero-order valence-corrected chi connectivity index (χ0v) is 14.1. The molecule has 130 valence electrons. The number of aryl methyl sites for hydroxylation is 1. The molecule has 0 bridgehead atoms. The fourth-order valence-electron chi connectivity index (χ4n) is 2.61. The van der Waals surface area contributed by atoms with Gasteiger partial charge in [0.25, 0.3) is 0 Å². The molecular weight excluding hydrogens is 334 g/mol. The van der Waals surface area contributed by atoms with Crippen molar-refractivity contribution in [2.45, 2.75) is 13.8 Å². The molecule has 10 nitrogen and oxygen atoms in total. The largest absolute Gasteiger partial charge is 0.384 e. The van der Waals surface area contributed by atoms with Gasteiger partial charge in [-0.3, -0.25) is 4.79 Å². The lowest BCUT2D eigenvalue weighted by Crippen LogP contribution is -2.06.